The second-order valence-corrected chi connectivity index (χ2v) is 13.7. The number of hydrogen-bond donors (Lipinski definition) is 0. The third-order valence-electron chi connectivity index (χ3n) is 7.05. The fraction of sp³-hybridized carbons (Fsp3) is 0.406. The summed E-state index contributed by atoms with van der Waals surface area (Å²) in [6.07, 6.45) is 1.52. The number of pyridine rings is 1. The predicted molar refractivity (Wildman–Crippen MR) is 171 cm³/mol. The molecule has 0 aliphatic rings. The van der Waals surface area contributed by atoms with Crippen LogP contribution in [0.4, 0.5) is 5.82 Å². The fourth-order valence-electron chi connectivity index (χ4n) is 4.56. The van der Waals surface area contributed by atoms with Crippen LogP contribution in [-0.2, 0) is 37.4 Å². The minimum Gasteiger partial charge on any atom is -0.488 e. The van der Waals surface area contributed by atoms with Crippen molar-refractivity contribution in [2.45, 2.75) is 59.0 Å². The SMILES string of the molecule is CCOCc1cc(COc2cc(C)ncc2C(C)=O)ccc1-c1cc(C)sc1S(=O)(=O)N(COCCOC)c1noc(C)c1C. The Labute approximate surface area is 268 Å². The molecule has 0 N–H and O–H groups in total. The molecule has 3 aromatic heterocycles. The molecular formula is C32H39N3O8S2. The maximum atomic E-state index is 14.4. The molecule has 0 spiro atoms. The van der Waals surface area contributed by atoms with Crippen LogP contribution < -0.4 is 9.04 Å². The van der Waals surface area contributed by atoms with Crippen LogP contribution in [-0.4, -0.2) is 58.0 Å². The van der Waals surface area contributed by atoms with Gasteiger partial charge in [-0.2, -0.15) is 0 Å². The molecule has 0 aliphatic carbocycles. The van der Waals surface area contributed by atoms with Crippen molar-refractivity contribution in [2.75, 3.05) is 38.0 Å². The highest BCUT2D eigenvalue weighted by Crippen LogP contribution is 2.40. The van der Waals surface area contributed by atoms with Gasteiger partial charge in [-0.3, -0.25) is 9.78 Å². The molecule has 3 heterocycles. The number of anilines is 1. The van der Waals surface area contributed by atoms with Gasteiger partial charge in [0.2, 0.25) is 0 Å². The third-order valence-corrected chi connectivity index (χ3v) is 10.3. The fourth-order valence-corrected chi connectivity index (χ4v) is 7.65. The summed E-state index contributed by atoms with van der Waals surface area (Å²) < 4.78 is 58.0. The molecule has 4 aromatic rings. The maximum Gasteiger partial charge on any atom is 0.277 e. The van der Waals surface area contributed by atoms with E-state index < -0.39 is 10.0 Å². The Hall–Kier alpha value is -3.62. The van der Waals surface area contributed by atoms with Crippen molar-refractivity contribution < 1.29 is 36.7 Å². The highest BCUT2D eigenvalue weighted by Gasteiger charge is 2.34. The van der Waals surface area contributed by atoms with Crippen molar-refractivity contribution in [1.29, 1.82) is 0 Å². The molecule has 45 heavy (non-hydrogen) atoms. The molecule has 0 unspecified atom stereocenters. The van der Waals surface area contributed by atoms with Crippen LogP contribution in [0.25, 0.3) is 11.1 Å². The van der Waals surface area contributed by atoms with Crippen molar-refractivity contribution in [3.05, 3.63) is 75.1 Å². The molecule has 0 saturated carbocycles. The van der Waals surface area contributed by atoms with Gasteiger partial charge >= 0.3 is 0 Å². The van der Waals surface area contributed by atoms with Gasteiger partial charge in [0.25, 0.3) is 10.0 Å². The van der Waals surface area contributed by atoms with E-state index in [9.17, 15) is 13.2 Å². The molecule has 242 valence electrons. The zero-order valence-corrected chi connectivity index (χ0v) is 28.3. The number of methoxy groups -OCH3 is 1. The largest absolute Gasteiger partial charge is 0.488 e. The van der Waals surface area contributed by atoms with E-state index in [1.165, 1.54) is 24.5 Å². The van der Waals surface area contributed by atoms with Crippen molar-refractivity contribution in [3.8, 4) is 16.9 Å². The molecular weight excluding hydrogens is 618 g/mol. The van der Waals surface area contributed by atoms with E-state index in [0.29, 0.717) is 47.0 Å². The molecule has 0 radical (unpaired) electrons. The highest BCUT2D eigenvalue weighted by atomic mass is 32.2. The first kappa shape index (κ1) is 34.3. The zero-order valence-electron chi connectivity index (χ0n) is 26.6. The van der Waals surface area contributed by atoms with Gasteiger partial charge in [0.15, 0.2) is 11.6 Å². The summed E-state index contributed by atoms with van der Waals surface area (Å²) in [7, 11) is -2.61. The van der Waals surface area contributed by atoms with Gasteiger partial charge in [0.05, 0.1) is 25.4 Å². The molecule has 13 heteroatoms. The number of ether oxygens (including phenoxy) is 4. The average molecular weight is 658 g/mol. The van der Waals surface area contributed by atoms with E-state index in [2.05, 4.69) is 10.1 Å². The second-order valence-electron chi connectivity index (χ2n) is 10.4. The number of benzene rings is 1. The van der Waals surface area contributed by atoms with Gasteiger partial charge in [-0.25, -0.2) is 12.7 Å². The predicted octanol–water partition coefficient (Wildman–Crippen LogP) is 6.17. The normalized spacial score (nSPS) is 11.6. The topological polar surface area (TPSA) is 130 Å². The number of nitrogens with zero attached hydrogens (tertiary/aromatic N) is 3. The summed E-state index contributed by atoms with van der Waals surface area (Å²) in [6, 6.07) is 9.30. The maximum absolute atomic E-state index is 14.4. The van der Waals surface area contributed by atoms with E-state index in [-0.39, 0.29) is 42.4 Å². The van der Waals surface area contributed by atoms with Gasteiger partial charge < -0.3 is 23.5 Å². The molecule has 11 nitrogen and oxygen atoms in total. The highest BCUT2D eigenvalue weighted by molar-refractivity contribution is 7.95. The summed E-state index contributed by atoms with van der Waals surface area (Å²) in [5, 5.41) is 4.06. The lowest BCUT2D eigenvalue weighted by molar-refractivity contribution is 0.0753. The van der Waals surface area contributed by atoms with E-state index in [1.807, 2.05) is 45.0 Å². The summed E-state index contributed by atoms with van der Waals surface area (Å²) >= 11 is 1.17. The van der Waals surface area contributed by atoms with E-state index in [4.69, 9.17) is 23.5 Å². The Morgan fingerprint density at radius 3 is 2.47 bits per heavy atom. The molecule has 0 aliphatic heterocycles. The number of aryl methyl sites for hydroxylation is 3. The van der Waals surface area contributed by atoms with Gasteiger partial charge in [0, 0.05) is 47.7 Å². The molecule has 0 fully saturated rings. The summed E-state index contributed by atoms with van der Waals surface area (Å²) in [5.41, 5.74) is 4.62. The lowest BCUT2D eigenvalue weighted by Crippen LogP contribution is -2.34. The lowest BCUT2D eigenvalue weighted by Gasteiger charge is -2.23. The monoisotopic (exact) mass is 657 g/mol. The summed E-state index contributed by atoms with van der Waals surface area (Å²) in [4.78, 5) is 17.1. The lowest BCUT2D eigenvalue weighted by atomic mass is 9.99. The Bertz CT molecular complexity index is 1750. The number of sulfonamides is 1. The number of Topliss-reactive ketones (excluding diaryl/α,β-unsaturated/α-hetero) is 1. The molecule has 0 amide bonds. The van der Waals surface area contributed by atoms with Gasteiger partial charge in [0.1, 0.15) is 29.1 Å². The third kappa shape index (κ3) is 7.97. The van der Waals surface area contributed by atoms with Crippen LogP contribution in [0.15, 0.2) is 45.3 Å². The first-order valence-electron chi connectivity index (χ1n) is 14.4. The molecule has 4 rings (SSSR count). The number of thiophene rings is 1. The molecule has 1 aromatic carbocycles. The quantitative estimate of drug-likeness (QED) is 0.0784. The van der Waals surface area contributed by atoms with Crippen LogP contribution >= 0.6 is 11.3 Å². The van der Waals surface area contributed by atoms with Crippen LogP contribution in [0.5, 0.6) is 5.75 Å². The number of hydrogen-bond acceptors (Lipinski definition) is 11. The Morgan fingerprint density at radius 1 is 1.02 bits per heavy atom. The van der Waals surface area contributed by atoms with Gasteiger partial charge in [-0.05, 0) is 70.4 Å². The molecule has 0 bridgehead atoms. The van der Waals surface area contributed by atoms with Crippen LogP contribution in [0.2, 0.25) is 0 Å². The molecule has 0 saturated heterocycles. The van der Waals surface area contributed by atoms with Crippen molar-refractivity contribution in [3.63, 3.8) is 0 Å². The summed E-state index contributed by atoms with van der Waals surface area (Å²) in [6.45, 7) is 11.7. The van der Waals surface area contributed by atoms with E-state index in [0.717, 1.165) is 26.0 Å². The smallest absolute Gasteiger partial charge is 0.277 e. The number of aromatic nitrogens is 2. The van der Waals surface area contributed by atoms with Crippen molar-refractivity contribution in [1.82, 2.24) is 10.1 Å². The minimum atomic E-state index is -4.16. The molecule has 0 atom stereocenters. The van der Waals surface area contributed by atoms with Gasteiger partial charge in [-0.1, -0.05) is 17.3 Å². The first-order valence-corrected chi connectivity index (χ1v) is 16.7. The van der Waals surface area contributed by atoms with Crippen LogP contribution in [0.3, 0.4) is 0 Å². The van der Waals surface area contributed by atoms with Crippen LogP contribution in [0, 0.1) is 27.7 Å². The zero-order chi connectivity index (χ0) is 32.7. The van der Waals surface area contributed by atoms with Gasteiger partial charge in [-0.15, -0.1) is 11.3 Å². The Morgan fingerprint density at radius 2 is 1.80 bits per heavy atom. The standard InChI is InChI=1S/C32H39N3O8S2/c1-8-40-18-26-15-25(17-42-30-13-20(2)33-16-29(30)23(5)36)9-10-27(26)28-14-21(3)44-32(28)45(37,38)35(19-41-12-11-39-7)31-22(4)24(6)43-34-31/h9-10,13-16H,8,11-12,17-19H2,1-7H3. The van der Waals surface area contributed by atoms with Crippen LogP contribution in [0.1, 0.15) is 57.2 Å². The number of rotatable bonds is 16. The van der Waals surface area contributed by atoms with E-state index in [1.54, 1.807) is 27.0 Å². The summed E-state index contributed by atoms with van der Waals surface area (Å²) in [5.74, 6) is 0.998. The number of carbonyl (C=O) groups excluding carboxylic acids is 1. The Balaban J connectivity index is 1.74. The van der Waals surface area contributed by atoms with Crippen molar-refractivity contribution >= 4 is 33.0 Å². The van der Waals surface area contributed by atoms with E-state index >= 15 is 0 Å². The number of carbonyl (C=O) groups is 1. The average Bonchev–Trinajstić information content (AvgIpc) is 3.56. The minimum absolute atomic E-state index is 0.138. The first-order chi connectivity index (χ1) is 21.5. The Kier molecular flexibility index (Phi) is 11.5. The number of ketones is 1. The van der Waals surface area contributed by atoms with Crippen molar-refractivity contribution in [2.24, 2.45) is 0 Å². The second kappa shape index (κ2) is 15.1.